The van der Waals surface area contributed by atoms with Gasteiger partial charge in [-0.3, -0.25) is 4.79 Å². The number of carbonyl (C=O) groups is 1. The van der Waals surface area contributed by atoms with Crippen LogP contribution >= 0.6 is 0 Å². The first kappa shape index (κ1) is 18.4. The Balaban J connectivity index is 2.54. The SMILES string of the molecule is CCCNC1(C(=O)OC)CCC(N(C)CCOC(C)C)C1. The summed E-state index contributed by atoms with van der Waals surface area (Å²) >= 11 is 0. The van der Waals surface area contributed by atoms with Crippen molar-refractivity contribution >= 4 is 5.97 Å². The summed E-state index contributed by atoms with van der Waals surface area (Å²) in [6, 6.07) is 0.407. The highest BCUT2D eigenvalue weighted by atomic mass is 16.5. The van der Waals surface area contributed by atoms with Gasteiger partial charge in [-0.1, -0.05) is 6.92 Å². The highest BCUT2D eigenvalue weighted by molar-refractivity contribution is 5.81. The van der Waals surface area contributed by atoms with Crippen LogP contribution < -0.4 is 5.32 Å². The zero-order valence-corrected chi connectivity index (χ0v) is 14.3. The van der Waals surface area contributed by atoms with Gasteiger partial charge in [-0.05, 0) is 53.1 Å². The normalized spacial score (nSPS) is 25.8. The van der Waals surface area contributed by atoms with Crippen molar-refractivity contribution in [3.8, 4) is 0 Å². The lowest BCUT2D eigenvalue weighted by Gasteiger charge is -2.30. The Kier molecular flexibility index (Phi) is 7.63. The number of nitrogens with one attached hydrogen (secondary N) is 1. The predicted octanol–water partition coefficient (Wildman–Crippen LogP) is 1.81. The van der Waals surface area contributed by atoms with E-state index in [-0.39, 0.29) is 12.1 Å². The van der Waals surface area contributed by atoms with E-state index >= 15 is 0 Å². The van der Waals surface area contributed by atoms with Crippen LogP contribution in [0.2, 0.25) is 0 Å². The van der Waals surface area contributed by atoms with E-state index < -0.39 is 5.54 Å². The molecule has 0 aromatic rings. The lowest BCUT2D eigenvalue weighted by atomic mass is 9.97. The molecule has 124 valence electrons. The molecule has 1 aliphatic carbocycles. The van der Waals surface area contributed by atoms with Crippen LogP contribution in [-0.4, -0.2) is 62.4 Å². The zero-order chi connectivity index (χ0) is 15.9. The molecule has 2 unspecified atom stereocenters. The second kappa shape index (κ2) is 8.71. The molecule has 0 amide bonds. The summed E-state index contributed by atoms with van der Waals surface area (Å²) in [5.41, 5.74) is -0.497. The van der Waals surface area contributed by atoms with Gasteiger partial charge in [-0.25, -0.2) is 0 Å². The third-order valence-electron chi connectivity index (χ3n) is 4.30. The van der Waals surface area contributed by atoms with Gasteiger partial charge in [0.1, 0.15) is 5.54 Å². The first-order chi connectivity index (χ1) is 9.95. The Bertz CT molecular complexity index is 323. The van der Waals surface area contributed by atoms with E-state index in [1.54, 1.807) is 0 Å². The van der Waals surface area contributed by atoms with Crippen molar-refractivity contribution in [3.63, 3.8) is 0 Å². The fourth-order valence-corrected chi connectivity index (χ4v) is 2.99. The minimum Gasteiger partial charge on any atom is -0.468 e. The van der Waals surface area contributed by atoms with Crippen LogP contribution in [0.25, 0.3) is 0 Å². The Morgan fingerprint density at radius 1 is 1.48 bits per heavy atom. The van der Waals surface area contributed by atoms with Gasteiger partial charge in [-0.15, -0.1) is 0 Å². The molecular weight excluding hydrogens is 268 g/mol. The minimum atomic E-state index is -0.497. The van der Waals surface area contributed by atoms with Crippen LogP contribution in [-0.2, 0) is 14.3 Å². The third-order valence-corrected chi connectivity index (χ3v) is 4.30. The van der Waals surface area contributed by atoms with Gasteiger partial charge in [0.25, 0.3) is 0 Å². The molecule has 1 saturated carbocycles. The van der Waals surface area contributed by atoms with Crippen molar-refractivity contribution in [1.29, 1.82) is 0 Å². The number of hydrogen-bond acceptors (Lipinski definition) is 5. The second-order valence-corrected chi connectivity index (χ2v) is 6.30. The van der Waals surface area contributed by atoms with Gasteiger partial charge in [0.2, 0.25) is 0 Å². The van der Waals surface area contributed by atoms with Crippen LogP contribution in [0, 0.1) is 0 Å². The molecule has 0 heterocycles. The highest BCUT2D eigenvalue weighted by Crippen LogP contribution is 2.33. The van der Waals surface area contributed by atoms with E-state index in [9.17, 15) is 4.79 Å². The molecule has 0 bridgehead atoms. The average molecular weight is 300 g/mol. The molecule has 1 aliphatic rings. The largest absolute Gasteiger partial charge is 0.468 e. The predicted molar refractivity (Wildman–Crippen MR) is 84.4 cm³/mol. The number of carbonyl (C=O) groups excluding carboxylic acids is 1. The molecule has 0 spiro atoms. The zero-order valence-electron chi connectivity index (χ0n) is 14.3. The van der Waals surface area contributed by atoms with E-state index in [1.807, 2.05) is 13.8 Å². The lowest BCUT2D eigenvalue weighted by Crippen LogP contribution is -2.52. The number of methoxy groups -OCH3 is 1. The van der Waals surface area contributed by atoms with E-state index in [1.165, 1.54) is 7.11 Å². The number of hydrogen-bond donors (Lipinski definition) is 1. The number of likely N-dealkylation sites (N-methyl/N-ethyl adjacent to an activating group) is 1. The fraction of sp³-hybridized carbons (Fsp3) is 0.938. The van der Waals surface area contributed by atoms with Crippen molar-refractivity contribution in [2.75, 3.05) is 33.9 Å². The smallest absolute Gasteiger partial charge is 0.326 e. The van der Waals surface area contributed by atoms with Crippen molar-refractivity contribution < 1.29 is 14.3 Å². The molecule has 0 aromatic heterocycles. The van der Waals surface area contributed by atoms with Crippen LogP contribution in [0.15, 0.2) is 0 Å². The van der Waals surface area contributed by atoms with Crippen LogP contribution in [0.1, 0.15) is 46.5 Å². The number of ether oxygens (including phenoxy) is 2. The molecule has 2 atom stereocenters. The van der Waals surface area contributed by atoms with Crippen molar-refractivity contribution in [3.05, 3.63) is 0 Å². The van der Waals surface area contributed by atoms with E-state index in [0.29, 0.717) is 6.04 Å². The first-order valence-corrected chi connectivity index (χ1v) is 8.10. The fourth-order valence-electron chi connectivity index (χ4n) is 2.99. The molecule has 5 heteroatoms. The summed E-state index contributed by atoms with van der Waals surface area (Å²) < 4.78 is 10.6. The van der Waals surface area contributed by atoms with Crippen molar-refractivity contribution in [2.24, 2.45) is 0 Å². The Morgan fingerprint density at radius 3 is 2.76 bits per heavy atom. The topological polar surface area (TPSA) is 50.8 Å². The molecule has 0 aromatic carbocycles. The first-order valence-electron chi connectivity index (χ1n) is 8.10. The lowest BCUT2D eigenvalue weighted by molar-refractivity contribution is -0.148. The molecule has 0 aliphatic heterocycles. The third kappa shape index (κ3) is 5.24. The summed E-state index contributed by atoms with van der Waals surface area (Å²) in [6.07, 6.45) is 3.96. The van der Waals surface area contributed by atoms with Gasteiger partial charge < -0.3 is 19.7 Å². The summed E-state index contributed by atoms with van der Waals surface area (Å²) in [4.78, 5) is 14.5. The molecule has 1 rings (SSSR count). The summed E-state index contributed by atoms with van der Waals surface area (Å²) in [5, 5.41) is 3.42. The summed E-state index contributed by atoms with van der Waals surface area (Å²) in [5.74, 6) is -0.120. The van der Waals surface area contributed by atoms with Crippen LogP contribution in [0.4, 0.5) is 0 Å². The van der Waals surface area contributed by atoms with Crippen LogP contribution in [0.3, 0.4) is 0 Å². The molecule has 21 heavy (non-hydrogen) atoms. The average Bonchev–Trinajstić information content (AvgIpc) is 2.89. The molecular formula is C16H32N2O3. The van der Waals surface area contributed by atoms with E-state index in [2.05, 4.69) is 24.2 Å². The molecule has 1 fully saturated rings. The Hall–Kier alpha value is -0.650. The maximum absolute atomic E-state index is 12.2. The maximum atomic E-state index is 12.2. The highest BCUT2D eigenvalue weighted by Gasteiger charge is 2.46. The standard InChI is InChI=1S/C16H32N2O3/c1-6-9-17-16(15(19)20-5)8-7-14(12-16)18(4)10-11-21-13(2)3/h13-14,17H,6-12H2,1-5H3. The summed E-state index contributed by atoms with van der Waals surface area (Å²) in [6.45, 7) is 8.69. The monoisotopic (exact) mass is 300 g/mol. The van der Waals surface area contributed by atoms with Gasteiger partial charge in [0.15, 0.2) is 0 Å². The van der Waals surface area contributed by atoms with Crippen molar-refractivity contribution in [2.45, 2.75) is 64.1 Å². The number of esters is 1. The van der Waals surface area contributed by atoms with Crippen LogP contribution in [0.5, 0.6) is 0 Å². The van der Waals surface area contributed by atoms with Crippen molar-refractivity contribution in [1.82, 2.24) is 10.2 Å². The van der Waals surface area contributed by atoms with E-state index in [4.69, 9.17) is 9.47 Å². The van der Waals surface area contributed by atoms with Gasteiger partial charge in [0.05, 0.1) is 19.8 Å². The molecule has 0 saturated heterocycles. The molecule has 1 N–H and O–H groups in total. The number of rotatable bonds is 9. The molecule has 5 nitrogen and oxygen atoms in total. The van der Waals surface area contributed by atoms with Gasteiger partial charge in [0, 0.05) is 12.6 Å². The summed E-state index contributed by atoms with van der Waals surface area (Å²) in [7, 11) is 3.59. The molecule has 0 radical (unpaired) electrons. The van der Waals surface area contributed by atoms with Gasteiger partial charge >= 0.3 is 5.97 Å². The second-order valence-electron chi connectivity index (χ2n) is 6.30. The Morgan fingerprint density at radius 2 is 2.19 bits per heavy atom. The Labute approximate surface area is 129 Å². The number of nitrogens with zero attached hydrogens (tertiary/aromatic N) is 1. The van der Waals surface area contributed by atoms with E-state index in [0.717, 1.165) is 45.4 Å². The quantitative estimate of drug-likeness (QED) is 0.658. The maximum Gasteiger partial charge on any atom is 0.326 e. The minimum absolute atomic E-state index is 0.120. The van der Waals surface area contributed by atoms with Gasteiger partial charge in [-0.2, -0.15) is 0 Å².